The van der Waals surface area contributed by atoms with E-state index in [0.717, 1.165) is 5.39 Å². The Hall–Kier alpha value is -4.32. The molecule has 0 atom stereocenters. The van der Waals surface area contributed by atoms with Crippen molar-refractivity contribution in [3.8, 4) is 16.9 Å². The number of nitrogens with two attached hydrogens (primary N) is 1. The molecule has 0 saturated heterocycles. The van der Waals surface area contributed by atoms with Crippen LogP contribution >= 0.6 is 0 Å². The van der Waals surface area contributed by atoms with Gasteiger partial charge in [-0.25, -0.2) is 4.79 Å². The van der Waals surface area contributed by atoms with Crippen molar-refractivity contribution in [2.24, 2.45) is 5.73 Å². The van der Waals surface area contributed by atoms with Gasteiger partial charge in [0.1, 0.15) is 5.75 Å². The molecule has 1 aliphatic carbocycles. The number of aromatic nitrogens is 1. The van der Waals surface area contributed by atoms with Gasteiger partial charge in [0.2, 0.25) is 5.91 Å². The maximum absolute atomic E-state index is 12.9. The first-order chi connectivity index (χ1) is 14.5. The zero-order valence-corrected chi connectivity index (χ0v) is 15.6. The minimum Gasteiger partial charge on any atom is -0.423 e. The van der Waals surface area contributed by atoms with Crippen LogP contribution < -0.4 is 10.5 Å². The molecular formula is C24H14N2O4. The van der Waals surface area contributed by atoms with E-state index in [0.29, 0.717) is 22.2 Å². The van der Waals surface area contributed by atoms with Gasteiger partial charge in [-0.3, -0.25) is 14.6 Å². The third-order valence-corrected chi connectivity index (χ3v) is 5.15. The van der Waals surface area contributed by atoms with Gasteiger partial charge >= 0.3 is 5.97 Å². The molecule has 6 nitrogen and oxygen atoms in total. The number of ketones is 1. The molecule has 2 N–H and O–H groups in total. The number of primary amides is 1. The van der Waals surface area contributed by atoms with Gasteiger partial charge in [-0.1, -0.05) is 36.4 Å². The monoisotopic (exact) mass is 394 g/mol. The molecule has 1 aromatic heterocycles. The van der Waals surface area contributed by atoms with Crippen LogP contribution in [0.2, 0.25) is 0 Å². The Morgan fingerprint density at radius 1 is 0.867 bits per heavy atom. The number of esters is 1. The highest BCUT2D eigenvalue weighted by Gasteiger charge is 2.33. The number of benzene rings is 3. The first kappa shape index (κ1) is 17.8. The van der Waals surface area contributed by atoms with E-state index < -0.39 is 11.9 Å². The predicted molar refractivity (Wildman–Crippen MR) is 111 cm³/mol. The molecule has 6 heteroatoms. The first-order valence-electron chi connectivity index (χ1n) is 9.22. The number of hydrogen-bond donors (Lipinski definition) is 1. The number of fused-ring (bicyclic) bond motifs is 4. The summed E-state index contributed by atoms with van der Waals surface area (Å²) in [4.78, 5) is 42.3. The molecule has 0 aliphatic heterocycles. The average molecular weight is 394 g/mol. The number of carbonyl (C=O) groups excluding carboxylic acids is 3. The molecule has 5 rings (SSSR count). The number of hydrogen-bond acceptors (Lipinski definition) is 5. The molecule has 1 aliphatic rings. The van der Waals surface area contributed by atoms with E-state index in [4.69, 9.17) is 10.5 Å². The van der Waals surface area contributed by atoms with Crippen LogP contribution in [0.4, 0.5) is 0 Å². The molecule has 0 spiro atoms. The van der Waals surface area contributed by atoms with Crippen molar-refractivity contribution < 1.29 is 19.1 Å². The number of pyridine rings is 1. The SMILES string of the molecule is NC(=O)c1c(C(=O)Oc2ccc3cccnc3c2)ccc2c1C(=O)c1ccccc1-2. The van der Waals surface area contributed by atoms with Gasteiger partial charge in [0.25, 0.3) is 0 Å². The fraction of sp³-hybridized carbons (Fsp3) is 0. The Kier molecular flexibility index (Phi) is 3.93. The smallest absolute Gasteiger partial charge is 0.344 e. The van der Waals surface area contributed by atoms with Gasteiger partial charge in [-0.2, -0.15) is 0 Å². The number of rotatable bonds is 3. The fourth-order valence-corrected chi connectivity index (χ4v) is 3.81. The molecule has 0 fully saturated rings. The molecule has 1 heterocycles. The number of nitrogens with zero attached hydrogens (tertiary/aromatic N) is 1. The normalized spacial score (nSPS) is 11.8. The number of amides is 1. The van der Waals surface area contributed by atoms with Gasteiger partial charge in [0.15, 0.2) is 5.78 Å². The molecule has 3 aromatic carbocycles. The lowest BCUT2D eigenvalue weighted by Gasteiger charge is -2.11. The summed E-state index contributed by atoms with van der Waals surface area (Å²) >= 11 is 0. The molecule has 0 bridgehead atoms. The van der Waals surface area contributed by atoms with E-state index in [1.54, 1.807) is 54.7 Å². The number of carbonyl (C=O) groups is 3. The summed E-state index contributed by atoms with van der Waals surface area (Å²) < 4.78 is 5.47. The summed E-state index contributed by atoms with van der Waals surface area (Å²) in [6.07, 6.45) is 1.64. The summed E-state index contributed by atoms with van der Waals surface area (Å²) in [6, 6.07) is 18.9. The van der Waals surface area contributed by atoms with Crippen molar-refractivity contribution >= 4 is 28.6 Å². The molecule has 1 amide bonds. The largest absolute Gasteiger partial charge is 0.423 e. The summed E-state index contributed by atoms with van der Waals surface area (Å²) in [5.41, 5.74) is 7.97. The zero-order valence-electron chi connectivity index (χ0n) is 15.6. The minimum atomic E-state index is -0.861. The Morgan fingerprint density at radius 3 is 2.47 bits per heavy atom. The lowest BCUT2D eigenvalue weighted by Crippen LogP contribution is -2.22. The lowest BCUT2D eigenvalue weighted by molar-refractivity contribution is 0.0729. The Morgan fingerprint density at radius 2 is 1.67 bits per heavy atom. The highest BCUT2D eigenvalue weighted by atomic mass is 16.5. The maximum Gasteiger partial charge on any atom is 0.344 e. The van der Waals surface area contributed by atoms with E-state index in [9.17, 15) is 14.4 Å². The standard InChI is InChI=1S/C24H14N2O4/c25-23(28)21-18(10-9-16-15-5-1-2-6-17(15)22(27)20(16)21)24(29)30-14-8-7-13-4-3-11-26-19(13)12-14/h1-12H,(H2,25,28). The predicted octanol–water partition coefficient (Wildman–Crippen LogP) is 3.76. The van der Waals surface area contributed by atoms with E-state index in [1.165, 1.54) is 6.07 Å². The van der Waals surface area contributed by atoms with Crippen LogP contribution in [0.3, 0.4) is 0 Å². The zero-order chi connectivity index (χ0) is 20.8. The Labute approximate surface area is 170 Å². The summed E-state index contributed by atoms with van der Waals surface area (Å²) in [7, 11) is 0. The second-order valence-electron chi connectivity index (χ2n) is 6.90. The third-order valence-electron chi connectivity index (χ3n) is 5.15. The van der Waals surface area contributed by atoms with Crippen molar-refractivity contribution in [3.05, 3.63) is 95.2 Å². The molecule has 0 unspecified atom stereocenters. The van der Waals surface area contributed by atoms with Crippen molar-refractivity contribution in [1.29, 1.82) is 0 Å². The van der Waals surface area contributed by atoms with Crippen LogP contribution in [0, 0.1) is 0 Å². The summed E-state index contributed by atoms with van der Waals surface area (Å²) in [5, 5.41) is 0.899. The van der Waals surface area contributed by atoms with E-state index in [-0.39, 0.29) is 28.2 Å². The van der Waals surface area contributed by atoms with E-state index in [2.05, 4.69) is 4.98 Å². The summed E-state index contributed by atoms with van der Waals surface area (Å²) in [5.74, 6) is -1.69. The molecule has 0 saturated carbocycles. The van der Waals surface area contributed by atoms with Crippen LogP contribution in [0.15, 0.2) is 72.9 Å². The molecule has 0 radical (unpaired) electrons. The van der Waals surface area contributed by atoms with Crippen LogP contribution in [0.5, 0.6) is 5.75 Å². The van der Waals surface area contributed by atoms with Crippen LogP contribution in [0.1, 0.15) is 36.6 Å². The second-order valence-corrected chi connectivity index (χ2v) is 6.90. The van der Waals surface area contributed by atoms with Crippen molar-refractivity contribution in [2.75, 3.05) is 0 Å². The van der Waals surface area contributed by atoms with E-state index >= 15 is 0 Å². The molecule has 4 aromatic rings. The Balaban J connectivity index is 1.58. The number of ether oxygens (including phenoxy) is 1. The summed E-state index contributed by atoms with van der Waals surface area (Å²) in [6.45, 7) is 0. The van der Waals surface area contributed by atoms with Gasteiger partial charge in [0.05, 0.1) is 16.6 Å². The highest BCUT2D eigenvalue weighted by Crippen LogP contribution is 2.39. The molecule has 144 valence electrons. The molecular weight excluding hydrogens is 380 g/mol. The topological polar surface area (TPSA) is 99.3 Å². The van der Waals surface area contributed by atoms with Crippen molar-refractivity contribution in [1.82, 2.24) is 4.98 Å². The molecule has 30 heavy (non-hydrogen) atoms. The van der Waals surface area contributed by atoms with E-state index in [1.807, 2.05) is 12.1 Å². The van der Waals surface area contributed by atoms with Crippen LogP contribution in [0.25, 0.3) is 22.0 Å². The van der Waals surface area contributed by atoms with Gasteiger partial charge in [-0.15, -0.1) is 0 Å². The second kappa shape index (κ2) is 6.63. The van der Waals surface area contributed by atoms with Crippen molar-refractivity contribution in [2.45, 2.75) is 0 Å². The van der Waals surface area contributed by atoms with Gasteiger partial charge in [0, 0.05) is 28.8 Å². The quantitative estimate of drug-likeness (QED) is 0.371. The van der Waals surface area contributed by atoms with Crippen LogP contribution in [-0.4, -0.2) is 22.6 Å². The maximum atomic E-state index is 12.9. The average Bonchev–Trinajstić information content (AvgIpc) is 3.05. The van der Waals surface area contributed by atoms with Crippen LogP contribution in [-0.2, 0) is 0 Å². The lowest BCUT2D eigenvalue weighted by atomic mass is 9.95. The first-order valence-corrected chi connectivity index (χ1v) is 9.22. The third kappa shape index (κ3) is 2.66. The Bertz CT molecular complexity index is 1390. The fourth-order valence-electron chi connectivity index (χ4n) is 3.81. The van der Waals surface area contributed by atoms with Gasteiger partial charge < -0.3 is 10.5 Å². The highest BCUT2D eigenvalue weighted by molar-refractivity contribution is 6.27. The van der Waals surface area contributed by atoms with Crippen molar-refractivity contribution in [3.63, 3.8) is 0 Å². The minimum absolute atomic E-state index is 0.0523. The van der Waals surface area contributed by atoms with Gasteiger partial charge in [-0.05, 0) is 35.4 Å².